The summed E-state index contributed by atoms with van der Waals surface area (Å²) in [6, 6.07) is 13.8. The predicted molar refractivity (Wildman–Crippen MR) is 91.7 cm³/mol. The molecule has 0 saturated heterocycles. The molecule has 1 aliphatic heterocycles. The predicted octanol–water partition coefficient (Wildman–Crippen LogP) is 4.15. The standard InChI is InChI=1S/C19H19N3O/c1-11-7-12(2)18-16(8-11)17-9-13(3)21-22(17)19(20-18)14-5-4-6-15(23)10-14/h4-10,19-20,23H,1-3H3. The Morgan fingerprint density at radius 2 is 1.91 bits per heavy atom. The molecule has 1 unspecified atom stereocenters. The van der Waals surface area contributed by atoms with Gasteiger partial charge in [-0.25, -0.2) is 4.68 Å². The number of aryl methyl sites for hydroxylation is 3. The van der Waals surface area contributed by atoms with Gasteiger partial charge in [-0.15, -0.1) is 0 Å². The third-order valence-electron chi connectivity index (χ3n) is 4.33. The van der Waals surface area contributed by atoms with E-state index >= 15 is 0 Å². The Balaban J connectivity index is 1.95. The smallest absolute Gasteiger partial charge is 0.147 e. The van der Waals surface area contributed by atoms with Crippen molar-refractivity contribution in [3.8, 4) is 17.0 Å². The molecule has 0 fully saturated rings. The molecule has 4 heteroatoms. The van der Waals surface area contributed by atoms with Crippen molar-refractivity contribution >= 4 is 5.69 Å². The maximum Gasteiger partial charge on any atom is 0.147 e. The summed E-state index contributed by atoms with van der Waals surface area (Å²) < 4.78 is 2.01. The number of nitrogens with zero attached hydrogens (tertiary/aromatic N) is 2. The van der Waals surface area contributed by atoms with Gasteiger partial charge in [0.2, 0.25) is 0 Å². The first kappa shape index (κ1) is 13.9. The lowest BCUT2D eigenvalue weighted by atomic mass is 9.98. The van der Waals surface area contributed by atoms with Gasteiger partial charge in [0.15, 0.2) is 0 Å². The van der Waals surface area contributed by atoms with Crippen LogP contribution in [0.15, 0.2) is 42.5 Å². The summed E-state index contributed by atoms with van der Waals surface area (Å²) in [7, 11) is 0. The Kier molecular flexibility index (Phi) is 2.94. The molecule has 0 radical (unpaired) electrons. The number of benzene rings is 2. The maximum atomic E-state index is 9.83. The van der Waals surface area contributed by atoms with E-state index in [1.807, 2.05) is 23.7 Å². The molecule has 23 heavy (non-hydrogen) atoms. The number of phenols is 1. The number of rotatable bonds is 1. The van der Waals surface area contributed by atoms with Crippen molar-refractivity contribution in [1.82, 2.24) is 9.78 Å². The monoisotopic (exact) mass is 305 g/mol. The number of aromatic hydroxyl groups is 1. The molecule has 0 spiro atoms. The van der Waals surface area contributed by atoms with Gasteiger partial charge in [-0.3, -0.25) is 0 Å². The topological polar surface area (TPSA) is 50.1 Å². The van der Waals surface area contributed by atoms with E-state index in [0.717, 1.165) is 22.6 Å². The fourth-order valence-corrected chi connectivity index (χ4v) is 3.39. The molecule has 3 aromatic rings. The molecule has 116 valence electrons. The van der Waals surface area contributed by atoms with Gasteiger partial charge in [-0.2, -0.15) is 5.10 Å². The molecule has 2 heterocycles. The van der Waals surface area contributed by atoms with Crippen LogP contribution in [-0.4, -0.2) is 14.9 Å². The largest absolute Gasteiger partial charge is 0.508 e. The lowest BCUT2D eigenvalue weighted by Crippen LogP contribution is -2.26. The van der Waals surface area contributed by atoms with Crippen LogP contribution in [0.4, 0.5) is 5.69 Å². The first-order valence-corrected chi connectivity index (χ1v) is 7.76. The molecule has 0 bridgehead atoms. The van der Waals surface area contributed by atoms with Gasteiger partial charge < -0.3 is 10.4 Å². The Labute approximate surface area is 135 Å². The molecule has 0 saturated carbocycles. The normalized spacial score (nSPS) is 15.7. The van der Waals surface area contributed by atoms with Crippen LogP contribution in [0.2, 0.25) is 0 Å². The van der Waals surface area contributed by atoms with Crippen LogP contribution in [0.25, 0.3) is 11.3 Å². The Hall–Kier alpha value is -2.75. The van der Waals surface area contributed by atoms with Crippen LogP contribution in [0, 0.1) is 20.8 Å². The summed E-state index contributed by atoms with van der Waals surface area (Å²) in [4.78, 5) is 0. The number of fused-ring (bicyclic) bond motifs is 3. The molecule has 4 rings (SSSR count). The number of phenolic OH excluding ortho intramolecular Hbond substituents is 1. The minimum atomic E-state index is -0.125. The zero-order valence-electron chi connectivity index (χ0n) is 13.5. The third kappa shape index (κ3) is 2.18. The summed E-state index contributed by atoms with van der Waals surface area (Å²) in [5, 5.41) is 18.1. The van der Waals surface area contributed by atoms with Gasteiger partial charge in [0.25, 0.3) is 0 Å². The molecule has 0 aliphatic carbocycles. The molecular formula is C19H19N3O. The van der Waals surface area contributed by atoms with E-state index in [2.05, 4.69) is 42.5 Å². The number of hydrogen-bond donors (Lipinski definition) is 2. The fraction of sp³-hybridized carbons (Fsp3) is 0.211. The second kappa shape index (κ2) is 4.88. The summed E-state index contributed by atoms with van der Waals surface area (Å²) in [5.74, 6) is 0.265. The highest BCUT2D eigenvalue weighted by atomic mass is 16.3. The van der Waals surface area contributed by atoms with Crippen molar-refractivity contribution in [1.29, 1.82) is 0 Å². The summed E-state index contributed by atoms with van der Waals surface area (Å²) in [6.45, 7) is 6.24. The quantitative estimate of drug-likeness (QED) is 0.710. The zero-order valence-corrected chi connectivity index (χ0v) is 13.5. The Bertz CT molecular complexity index is 911. The van der Waals surface area contributed by atoms with Crippen LogP contribution >= 0.6 is 0 Å². The van der Waals surface area contributed by atoms with E-state index in [1.165, 1.54) is 16.7 Å². The van der Waals surface area contributed by atoms with Crippen LogP contribution in [-0.2, 0) is 0 Å². The number of aromatic nitrogens is 2. The summed E-state index contributed by atoms with van der Waals surface area (Å²) in [6.07, 6.45) is -0.125. The van der Waals surface area contributed by atoms with Crippen LogP contribution in [0.3, 0.4) is 0 Å². The van der Waals surface area contributed by atoms with E-state index in [1.54, 1.807) is 12.1 Å². The van der Waals surface area contributed by atoms with Crippen molar-refractivity contribution in [2.45, 2.75) is 26.9 Å². The van der Waals surface area contributed by atoms with Gasteiger partial charge in [0.1, 0.15) is 11.9 Å². The highest BCUT2D eigenvalue weighted by molar-refractivity contribution is 5.81. The second-order valence-electron chi connectivity index (χ2n) is 6.26. The first-order chi connectivity index (χ1) is 11.0. The average Bonchev–Trinajstić information content (AvgIpc) is 2.88. The third-order valence-corrected chi connectivity index (χ3v) is 4.33. The molecule has 1 atom stereocenters. The van der Waals surface area contributed by atoms with Crippen molar-refractivity contribution in [2.75, 3.05) is 5.32 Å². The molecular weight excluding hydrogens is 286 g/mol. The summed E-state index contributed by atoms with van der Waals surface area (Å²) in [5.41, 5.74) is 7.85. The zero-order chi connectivity index (χ0) is 16.1. The highest BCUT2D eigenvalue weighted by Crippen LogP contribution is 2.41. The molecule has 4 nitrogen and oxygen atoms in total. The van der Waals surface area contributed by atoms with Crippen LogP contribution < -0.4 is 5.32 Å². The lowest BCUT2D eigenvalue weighted by molar-refractivity contribution is 0.472. The minimum Gasteiger partial charge on any atom is -0.508 e. The van der Waals surface area contributed by atoms with E-state index in [-0.39, 0.29) is 11.9 Å². The maximum absolute atomic E-state index is 9.83. The second-order valence-corrected chi connectivity index (χ2v) is 6.26. The minimum absolute atomic E-state index is 0.125. The lowest BCUT2D eigenvalue weighted by Gasteiger charge is -2.30. The number of nitrogens with one attached hydrogen (secondary N) is 1. The van der Waals surface area contributed by atoms with Gasteiger partial charge in [-0.1, -0.05) is 23.8 Å². The van der Waals surface area contributed by atoms with E-state index in [9.17, 15) is 5.11 Å². The highest BCUT2D eigenvalue weighted by Gasteiger charge is 2.27. The van der Waals surface area contributed by atoms with Crippen molar-refractivity contribution in [2.24, 2.45) is 0 Å². The molecule has 2 N–H and O–H groups in total. The number of anilines is 1. The molecule has 1 aliphatic rings. The first-order valence-electron chi connectivity index (χ1n) is 7.76. The summed E-state index contributed by atoms with van der Waals surface area (Å²) >= 11 is 0. The van der Waals surface area contributed by atoms with Crippen LogP contribution in [0.5, 0.6) is 5.75 Å². The van der Waals surface area contributed by atoms with E-state index in [0.29, 0.717) is 0 Å². The van der Waals surface area contributed by atoms with Gasteiger partial charge in [0, 0.05) is 16.8 Å². The SMILES string of the molecule is Cc1cc(C)c2c(c1)-c1cc(C)nn1C(c1cccc(O)c1)N2. The van der Waals surface area contributed by atoms with Crippen molar-refractivity contribution < 1.29 is 5.11 Å². The van der Waals surface area contributed by atoms with Crippen LogP contribution in [0.1, 0.15) is 28.6 Å². The Morgan fingerprint density at radius 3 is 2.70 bits per heavy atom. The van der Waals surface area contributed by atoms with Gasteiger partial charge in [-0.05, 0) is 50.6 Å². The molecule has 2 aromatic carbocycles. The van der Waals surface area contributed by atoms with Crippen molar-refractivity contribution in [3.63, 3.8) is 0 Å². The number of hydrogen-bond acceptors (Lipinski definition) is 3. The van der Waals surface area contributed by atoms with Gasteiger partial charge in [0.05, 0.1) is 11.4 Å². The van der Waals surface area contributed by atoms with E-state index in [4.69, 9.17) is 0 Å². The molecule has 0 amide bonds. The van der Waals surface area contributed by atoms with E-state index < -0.39 is 0 Å². The fourth-order valence-electron chi connectivity index (χ4n) is 3.39. The average molecular weight is 305 g/mol. The van der Waals surface area contributed by atoms with Crippen molar-refractivity contribution in [3.05, 3.63) is 64.8 Å². The van der Waals surface area contributed by atoms with Gasteiger partial charge >= 0.3 is 0 Å². The Morgan fingerprint density at radius 1 is 1.09 bits per heavy atom. The molecule has 1 aromatic heterocycles.